The number of hydrogen-bond donors (Lipinski definition) is 2. The maximum absolute atomic E-state index is 12.6. The van der Waals surface area contributed by atoms with Crippen LogP contribution in [0.4, 0.5) is 11.6 Å². The van der Waals surface area contributed by atoms with E-state index in [0.29, 0.717) is 34.2 Å². The molecule has 0 unspecified atom stereocenters. The van der Waals surface area contributed by atoms with E-state index in [9.17, 15) is 9.59 Å². The average molecular weight is 476 g/mol. The van der Waals surface area contributed by atoms with Crippen molar-refractivity contribution in [2.24, 2.45) is 0 Å². The Morgan fingerprint density at radius 3 is 2.64 bits per heavy atom. The summed E-state index contributed by atoms with van der Waals surface area (Å²) in [5.74, 6) is 5.96. The zero-order valence-electron chi connectivity index (χ0n) is 19.3. The SMILES string of the molecule is CC#CC(=O)N1C=CC=C[C@H]1c1nc(-c2ccc(C(=O)Nc3ccccn3)cc2)c2c(N)nccn12. The smallest absolute Gasteiger partial charge is 0.303 e. The molecule has 4 heterocycles. The predicted molar refractivity (Wildman–Crippen MR) is 136 cm³/mol. The topological polar surface area (TPSA) is 119 Å². The van der Waals surface area contributed by atoms with Gasteiger partial charge in [-0.05, 0) is 43.2 Å². The summed E-state index contributed by atoms with van der Waals surface area (Å²) >= 11 is 0. The van der Waals surface area contributed by atoms with E-state index in [1.807, 2.05) is 16.6 Å². The third-order valence-corrected chi connectivity index (χ3v) is 5.62. The molecule has 4 aromatic rings. The summed E-state index contributed by atoms with van der Waals surface area (Å²) in [7, 11) is 0. The van der Waals surface area contributed by atoms with Gasteiger partial charge in [-0.2, -0.15) is 0 Å². The Morgan fingerprint density at radius 1 is 1.06 bits per heavy atom. The molecule has 0 fully saturated rings. The van der Waals surface area contributed by atoms with Crippen molar-refractivity contribution in [2.45, 2.75) is 13.0 Å². The Bertz CT molecular complexity index is 1580. The first-order chi connectivity index (χ1) is 17.6. The summed E-state index contributed by atoms with van der Waals surface area (Å²) < 4.78 is 1.83. The fourth-order valence-corrected chi connectivity index (χ4v) is 3.97. The second-order valence-corrected chi connectivity index (χ2v) is 7.85. The lowest BCUT2D eigenvalue weighted by Gasteiger charge is -2.25. The molecule has 36 heavy (non-hydrogen) atoms. The number of carbonyl (C=O) groups is 2. The quantitative estimate of drug-likeness (QED) is 0.436. The van der Waals surface area contributed by atoms with Gasteiger partial charge in [0, 0.05) is 35.9 Å². The minimum Gasteiger partial charge on any atom is -0.382 e. The van der Waals surface area contributed by atoms with Gasteiger partial charge in [0.2, 0.25) is 0 Å². The zero-order chi connectivity index (χ0) is 25.1. The molecule has 0 radical (unpaired) electrons. The molecule has 0 spiro atoms. The van der Waals surface area contributed by atoms with Crippen LogP contribution in [0.5, 0.6) is 0 Å². The Kier molecular flexibility index (Phi) is 5.99. The van der Waals surface area contributed by atoms with Crippen LogP contribution >= 0.6 is 0 Å². The number of fused-ring (bicyclic) bond motifs is 1. The van der Waals surface area contributed by atoms with Gasteiger partial charge in [-0.3, -0.25) is 18.9 Å². The number of rotatable bonds is 4. The van der Waals surface area contributed by atoms with E-state index in [1.54, 1.807) is 80.3 Å². The van der Waals surface area contributed by atoms with Gasteiger partial charge in [0.15, 0.2) is 0 Å². The highest BCUT2D eigenvalue weighted by molar-refractivity contribution is 6.04. The second kappa shape index (κ2) is 9.56. The summed E-state index contributed by atoms with van der Waals surface area (Å²) in [4.78, 5) is 40.0. The number of aromatic nitrogens is 4. The molecule has 3 aromatic heterocycles. The number of amides is 2. The molecule has 1 atom stereocenters. The van der Waals surface area contributed by atoms with Gasteiger partial charge >= 0.3 is 5.91 Å². The predicted octanol–water partition coefficient (Wildman–Crippen LogP) is 3.60. The van der Waals surface area contributed by atoms with Gasteiger partial charge in [0.1, 0.15) is 34.7 Å². The first kappa shape index (κ1) is 22.6. The molecule has 0 aliphatic carbocycles. The van der Waals surface area contributed by atoms with Crippen LogP contribution in [0.15, 0.2) is 85.5 Å². The lowest BCUT2D eigenvalue weighted by Crippen LogP contribution is -2.30. The van der Waals surface area contributed by atoms with Crippen LogP contribution in [-0.2, 0) is 4.79 Å². The number of allylic oxidation sites excluding steroid dienone is 2. The van der Waals surface area contributed by atoms with E-state index in [0.717, 1.165) is 5.56 Å². The number of carbonyl (C=O) groups excluding carboxylic acids is 2. The first-order valence-corrected chi connectivity index (χ1v) is 11.1. The molecule has 0 saturated carbocycles. The van der Waals surface area contributed by atoms with E-state index in [-0.39, 0.29) is 11.8 Å². The molecule has 2 amide bonds. The molecular weight excluding hydrogens is 454 g/mol. The molecule has 5 rings (SSSR count). The number of nitrogens with one attached hydrogen (secondary N) is 1. The summed E-state index contributed by atoms with van der Waals surface area (Å²) in [5.41, 5.74) is 8.67. The highest BCUT2D eigenvalue weighted by atomic mass is 16.2. The van der Waals surface area contributed by atoms with E-state index < -0.39 is 6.04 Å². The maximum Gasteiger partial charge on any atom is 0.303 e. The van der Waals surface area contributed by atoms with Crippen molar-refractivity contribution >= 4 is 29.0 Å². The van der Waals surface area contributed by atoms with Crippen LogP contribution < -0.4 is 11.1 Å². The second-order valence-electron chi connectivity index (χ2n) is 7.85. The van der Waals surface area contributed by atoms with Crippen molar-refractivity contribution in [3.8, 4) is 23.1 Å². The van der Waals surface area contributed by atoms with Crippen LogP contribution in [0, 0.1) is 11.8 Å². The van der Waals surface area contributed by atoms with E-state index in [1.165, 1.54) is 4.90 Å². The summed E-state index contributed by atoms with van der Waals surface area (Å²) in [6.45, 7) is 1.62. The van der Waals surface area contributed by atoms with Crippen LogP contribution in [0.2, 0.25) is 0 Å². The number of anilines is 2. The van der Waals surface area contributed by atoms with Crippen LogP contribution in [0.25, 0.3) is 16.8 Å². The molecule has 9 heteroatoms. The Morgan fingerprint density at radius 2 is 1.89 bits per heavy atom. The number of nitrogen functional groups attached to an aromatic ring is 1. The van der Waals surface area contributed by atoms with Gasteiger partial charge in [-0.25, -0.2) is 15.0 Å². The fourth-order valence-electron chi connectivity index (χ4n) is 3.97. The Labute approximate surface area is 207 Å². The lowest BCUT2D eigenvalue weighted by atomic mass is 10.1. The summed E-state index contributed by atoms with van der Waals surface area (Å²) in [6.07, 6.45) is 12.1. The zero-order valence-corrected chi connectivity index (χ0v) is 19.3. The van der Waals surface area contributed by atoms with Crippen LogP contribution in [0.3, 0.4) is 0 Å². The number of benzene rings is 1. The van der Waals surface area contributed by atoms with E-state index in [2.05, 4.69) is 27.1 Å². The molecule has 0 bridgehead atoms. The largest absolute Gasteiger partial charge is 0.382 e. The standard InChI is InChI=1S/C27H21N7O2/c1-2-7-22(35)33-16-6-4-8-20(33)26-32-23(24-25(28)30-15-17-34(24)26)18-10-12-19(13-11-18)27(36)31-21-9-3-5-14-29-21/h3-6,8-17,20H,1H3,(H2,28,30)(H,29,31,36)/t20-/m0/s1. The molecular formula is C27H21N7O2. The minimum atomic E-state index is -0.491. The molecule has 3 N–H and O–H groups in total. The van der Waals surface area contributed by atoms with Crippen molar-refractivity contribution in [3.05, 3.63) is 96.9 Å². The normalized spacial score (nSPS) is 14.4. The lowest BCUT2D eigenvalue weighted by molar-refractivity contribution is -0.124. The molecule has 1 aromatic carbocycles. The fraction of sp³-hybridized carbons (Fsp3) is 0.0741. The first-order valence-electron chi connectivity index (χ1n) is 11.1. The van der Waals surface area contributed by atoms with Gasteiger partial charge in [-0.15, -0.1) is 0 Å². The summed E-state index contributed by atoms with van der Waals surface area (Å²) in [5, 5.41) is 2.77. The van der Waals surface area contributed by atoms with Crippen molar-refractivity contribution in [1.82, 2.24) is 24.3 Å². The molecule has 1 aliphatic heterocycles. The summed E-state index contributed by atoms with van der Waals surface area (Å²) in [6, 6.07) is 11.8. The van der Waals surface area contributed by atoms with Crippen LogP contribution in [-0.4, -0.2) is 36.1 Å². The van der Waals surface area contributed by atoms with E-state index in [4.69, 9.17) is 10.7 Å². The number of hydrogen-bond acceptors (Lipinski definition) is 6. The molecule has 1 aliphatic rings. The van der Waals surface area contributed by atoms with Crippen molar-refractivity contribution in [1.29, 1.82) is 0 Å². The number of pyridine rings is 1. The third kappa shape index (κ3) is 4.19. The monoisotopic (exact) mass is 475 g/mol. The highest BCUT2D eigenvalue weighted by Crippen LogP contribution is 2.33. The molecule has 9 nitrogen and oxygen atoms in total. The minimum absolute atomic E-state index is 0.276. The van der Waals surface area contributed by atoms with E-state index >= 15 is 0 Å². The average Bonchev–Trinajstić information content (AvgIpc) is 3.30. The molecule has 0 saturated heterocycles. The van der Waals surface area contributed by atoms with Crippen molar-refractivity contribution < 1.29 is 9.59 Å². The maximum atomic E-state index is 12.6. The van der Waals surface area contributed by atoms with Crippen molar-refractivity contribution in [3.63, 3.8) is 0 Å². The van der Waals surface area contributed by atoms with Gasteiger partial charge < -0.3 is 11.1 Å². The Balaban J connectivity index is 1.53. The molecule has 176 valence electrons. The number of imidazole rings is 1. The van der Waals surface area contributed by atoms with Gasteiger partial charge in [-0.1, -0.05) is 36.3 Å². The van der Waals surface area contributed by atoms with Gasteiger partial charge in [0.05, 0.1) is 0 Å². The third-order valence-electron chi connectivity index (χ3n) is 5.62. The Hall–Kier alpha value is -5.23. The van der Waals surface area contributed by atoms with Crippen molar-refractivity contribution in [2.75, 3.05) is 11.1 Å². The number of nitrogens with zero attached hydrogens (tertiary/aromatic N) is 5. The highest BCUT2D eigenvalue weighted by Gasteiger charge is 2.28. The number of nitrogens with two attached hydrogens (primary N) is 1. The van der Waals surface area contributed by atoms with Crippen LogP contribution in [0.1, 0.15) is 29.1 Å². The van der Waals surface area contributed by atoms with Gasteiger partial charge in [0.25, 0.3) is 5.91 Å².